The van der Waals surface area contributed by atoms with Gasteiger partial charge in [0.1, 0.15) is 0 Å². The van der Waals surface area contributed by atoms with Gasteiger partial charge in [-0.1, -0.05) is 36.4 Å². The van der Waals surface area contributed by atoms with Gasteiger partial charge in [0.15, 0.2) is 0 Å². The van der Waals surface area contributed by atoms with E-state index in [1.165, 1.54) is 0 Å². The summed E-state index contributed by atoms with van der Waals surface area (Å²) < 4.78 is 0. The van der Waals surface area contributed by atoms with Crippen LogP contribution in [-0.2, 0) is 22.7 Å². The molecule has 0 spiro atoms. The summed E-state index contributed by atoms with van der Waals surface area (Å²) in [6.45, 7) is 0.842. The second-order valence-corrected chi connectivity index (χ2v) is 9.84. The molecule has 0 saturated heterocycles. The molecule has 1 aliphatic rings. The van der Waals surface area contributed by atoms with Gasteiger partial charge in [-0.2, -0.15) is 0 Å². The number of aromatic nitrogens is 4. The summed E-state index contributed by atoms with van der Waals surface area (Å²) in [6.07, 6.45) is 0. The van der Waals surface area contributed by atoms with Crippen LogP contribution in [0.4, 0.5) is 0 Å². The van der Waals surface area contributed by atoms with E-state index in [1.54, 1.807) is 9.80 Å². The van der Waals surface area contributed by atoms with Crippen molar-refractivity contribution in [2.45, 2.75) is 13.1 Å². The van der Waals surface area contributed by atoms with Crippen LogP contribution in [-0.4, -0.2) is 78.1 Å². The van der Waals surface area contributed by atoms with Crippen molar-refractivity contribution in [3.05, 3.63) is 84.2 Å². The number of aliphatic carboxylic acids is 2. The Bertz CT molecular complexity index is 1630. The first-order valence-electron chi connectivity index (χ1n) is 12.9. The number of pyridine rings is 4. The van der Waals surface area contributed by atoms with Gasteiger partial charge < -0.3 is 10.2 Å². The van der Waals surface area contributed by atoms with Crippen molar-refractivity contribution in [3.63, 3.8) is 0 Å². The zero-order chi connectivity index (χ0) is 27.6. The fourth-order valence-electron chi connectivity index (χ4n) is 5.03. The van der Waals surface area contributed by atoms with Crippen LogP contribution in [0.2, 0.25) is 0 Å². The molecule has 0 fully saturated rings. The smallest absolute Gasteiger partial charge is 0.317 e. The van der Waals surface area contributed by atoms with E-state index < -0.39 is 11.9 Å². The van der Waals surface area contributed by atoms with Gasteiger partial charge in [0.05, 0.1) is 58.3 Å². The molecule has 0 atom stereocenters. The number of carboxylic acids is 2. The van der Waals surface area contributed by atoms with E-state index >= 15 is 0 Å². The molecule has 6 rings (SSSR count). The molecule has 8 bridgehead atoms. The monoisotopic (exact) mass is 534 g/mol. The highest BCUT2D eigenvalue weighted by molar-refractivity contribution is 6.04. The van der Waals surface area contributed by atoms with Crippen LogP contribution in [0.25, 0.3) is 44.6 Å². The largest absolute Gasteiger partial charge is 0.480 e. The molecule has 40 heavy (non-hydrogen) atoms. The maximum Gasteiger partial charge on any atom is 0.317 e. The Morgan fingerprint density at radius 1 is 0.575 bits per heavy atom. The second-order valence-electron chi connectivity index (χ2n) is 9.84. The molecule has 10 heteroatoms. The predicted octanol–water partition coefficient (Wildman–Crippen LogP) is 3.69. The molecule has 200 valence electrons. The Morgan fingerprint density at radius 2 is 0.975 bits per heavy atom. The zero-order valence-corrected chi connectivity index (χ0v) is 21.6. The highest BCUT2D eigenvalue weighted by atomic mass is 16.4. The lowest BCUT2D eigenvalue weighted by molar-refractivity contribution is -0.140. The molecule has 0 unspecified atom stereocenters. The molecule has 2 N–H and O–H groups in total. The Hall–Kier alpha value is -4.80. The summed E-state index contributed by atoms with van der Waals surface area (Å²) in [7, 11) is 0. The van der Waals surface area contributed by atoms with E-state index in [2.05, 4.69) is 0 Å². The number of rotatable bonds is 4. The number of carboxylic acid groups (broad SMARTS) is 2. The summed E-state index contributed by atoms with van der Waals surface area (Å²) in [6, 6.07) is 23.1. The third kappa shape index (κ3) is 5.49. The second kappa shape index (κ2) is 10.8. The van der Waals surface area contributed by atoms with Gasteiger partial charge in [-0.25, -0.2) is 19.9 Å². The van der Waals surface area contributed by atoms with Crippen LogP contribution >= 0.6 is 0 Å². The molecule has 0 amide bonds. The van der Waals surface area contributed by atoms with E-state index in [4.69, 9.17) is 19.9 Å². The lowest BCUT2D eigenvalue weighted by atomic mass is 10.1. The number of hydrogen-bond acceptors (Lipinski definition) is 8. The van der Waals surface area contributed by atoms with Crippen LogP contribution in [0.5, 0.6) is 0 Å². The maximum atomic E-state index is 11.7. The summed E-state index contributed by atoms with van der Waals surface area (Å²) in [5.74, 6) is -1.93. The van der Waals surface area contributed by atoms with Crippen LogP contribution in [0.15, 0.2) is 72.8 Å². The van der Waals surface area contributed by atoms with Crippen molar-refractivity contribution in [2.75, 3.05) is 26.2 Å². The zero-order valence-electron chi connectivity index (χ0n) is 21.6. The van der Waals surface area contributed by atoms with E-state index in [1.807, 2.05) is 72.8 Å². The first-order chi connectivity index (χ1) is 19.4. The minimum absolute atomic E-state index is 0.201. The number of fused-ring (bicyclic) bond motifs is 8. The molecular weight excluding hydrogens is 508 g/mol. The van der Waals surface area contributed by atoms with Crippen molar-refractivity contribution in [3.8, 4) is 22.8 Å². The van der Waals surface area contributed by atoms with Crippen molar-refractivity contribution in [2.24, 2.45) is 0 Å². The average molecular weight is 535 g/mol. The van der Waals surface area contributed by atoms with Crippen LogP contribution < -0.4 is 0 Å². The quantitative estimate of drug-likeness (QED) is 0.329. The first-order valence-corrected chi connectivity index (χ1v) is 12.9. The third-order valence-electron chi connectivity index (χ3n) is 6.88. The molecule has 5 heterocycles. The molecule has 0 radical (unpaired) electrons. The van der Waals surface area contributed by atoms with E-state index in [-0.39, 0.29) is 26.2 Å². The molecule has 0 aliphatic carbocycles. The summed E-state index contributed by atoms with van der Waals surface area (Å²) in [5, 5.41) is 21.0. The van der Waals surface area contributed by atoms with Crippen molar-refractivity contribution in [1.29, 1.82) is 0 Å². The molecule has 1 aromatic carbocycles. The van der Waals surface area contributed by atoms with Gasteiger partial charge in [-0.15, -0.1) is 0 Å². The molecule has 0 saturated carbocycles. The Balaban J connectivity index is 1.52. The van der Waals surface area contributed by atoms with Gasteiger partial charge >= 0.3 is 11.9 Å². The lowest BCUT2D eigenvalue weighted by Crippen LogP contribution is -2.39. The molecular formula is C30H26N6O4. The fourth-order valence-corrected chi connectivity index (χ4v) is 5.03. The molecule has 4 aromatic heterocycles. The number of nitrogens with zero attached hydrogens (tertiary/aromatic N) is 6. The third-order valence-corrected chi connectivity index (χ3v) is 6.88. The van der Waals surface area contributed by atoms with E-state index in [0.29, 0.717) is 47.3 Å². The molecule has 5 aromatic rings. The Morgan fingerprint density at radius 3 is 1.40 bits per heavy atom. The van der Waals surface area contributed by atoms with Gasteiger partial charge in [-0.05, 0) is 36.4 Å². The van der Waals surface area contributed by atoms with Crippen molar-refractivity contribution >= 4 is 33.7 Å². The average Bonchev–Trinajstić information content (AvgIpc) is 2.94. The SMILES string of the molecule is O=C(O)CN1CCN(CC(=O)O)Cc2cccc(n2)-c2ccc3ccc4ccc(nc4c3n2)-c2cccc(n2)C1. The normalized spacial score (nSPS) is 14.5. The summed E-state index contributed by atoms with van der Waals surface area (Å²) in [5.41, 5.74) is 5.61. The van der Waals surface area contributed by atoms with Crippen molar-refractivity contribution < 1.29 is 19.8 Å². The van der Waals surface area contributed by atoms with Gasteiger partial charge in [0.2, 0.25) is 0 Å². The van der Waals surface area contributed by atoms with Crippen LogP contribution in [0.3, 0.4) is 0 Å². The van der Waals surface area contributed by atoms with Crippen LogP contribution in [0, 0.1) is 0 Å². The van der Waals surface area contributed by atoms with Gasteiger partial charge in [-0.3, -0.25) is 19.4 Å². The Kier molecular flexibility index (Phi) is 6.85. The van der Waals surface area contributed by atoms with Gasteiger partial charge in [0, 0.05) is 37.0 Å². The molecule has 1 aliphatic heterocycles. The van der Waals surface area contributed by atoms with Crippen molar-refractivity contribution in [1.82, 2.24) is 29.7 Å². The maximum absolute atomic E-state index is 11.7. The topological polar surface area (TPSA) is 133 Å². The van der Waals surface area contributed by atoms with E-state index in [0.717, 1.165) is 21.8 Å². The fraction of sp³-hybridized carbons (Fsp3) is 0.200. The van der Waals surface area contributed by atoms with Crippen LogP contribution in [0.1, 0.15) is 11.4 Å². The minimum Gasteiger partial charge on any atom is -0.480 e. The molecule has 10 nitrogen and oxygen atoms in total. The number of carbonyl (C=O) groups is 2. The standard InChI is InChI=1S/C30H26N6O4/c37-27(38)17-35-13-14-36(18-28(39)40)16-22-4-2-6-24(32-22)26-12-10-20-8-7-19-9-11-25(33-29(19)30(20)34-26)23-5-1-3-21(15-35)31-23/h1-12H,13-18H2,(H,37,38)(H,39,40). The highest BCUT2D eigenvalue weighted by Gasteiger charge is 2.18. The predicted molar refractivity (Wildman–Crippen MR) is 149 cm³/mol. The summed E-state index contributed by atoms with van der Waals surface area (Å²) >= 11 is 0. The number of benzene rings is 1. The van der Waals surface area contributed by atoms with Gasteiger partial charge in [0.25, 0.3) is 0 Å². The van der Waals surface area contributed by atoms with E-state index in [9.17, 15) is 19.8 Å². The highest BCUT2D eigenvalue weighted by Crippen LogP contribution is 2.28. The lowest BCUT2D eigenvalue weighted by Gasteiger charge is -2.25. The summed E-state index contributed by atoms with van der Waals surface area (Å²) in [4.78, 5) is 46.4. The minimum atomic E-state index is -0.966. The number of hydrogen-bond donors (Lipinski definition) is 2. The Labute approximate surface area is 229 Å². The first kappa shape index (κ1) is 25.5.